The smallest absolute Gasteiger partial charge is 0.324 e. The Labute approximate surface area is 165 Å². The molecule has 6 heteroatoms. The number of rotatable bonds is 5. The zero-order valence-corrected chi connectivity index (χ0v) is 16.5. The Bertz CT molecular complexity index is 865. The van der Waals surface area contributed by atoms with Gasteiger partial charge in [-0.2, -0.15) is 0 Å². The maximum absolute atomic E-state index is 13.1. The fraction of sp³-hybridized carbons (Fsp3) is 0.364. The van der Waals surface area contributed by atoms with Gasteiger partial charge in [0.1, 0.15) is 5.82 Å². The normalized spacial score (nSPS) is 14.5. The van der Waals surface area contributed by atoms with Gasteiger partial charge in [0.15, 0.2) is 0 Å². The number of aryl methyl sites for hydroxylation is 1. The summed E-state index contributed by atoms with van der Waals surface area (Å²) in [7, 11) is 0. The zero-order chi connectivity index (χ0) is 20.3. The van der Waals surface area contributed by atoms with E-state index in [1.165, 1.54) is 12.1 Å². The van der Waals surface area contributed by atoms with Gasteiger partial charge < -0.3 is 10.2 Å². The van der Waals surface area contributed by atoms with Crippen LogP contribution in [0.1, 0.15) is 31.4 Å². The van der Waals surface area contributed by atoms with Crippen LogP contribution < -0.4 is 10.2 Å². The number of halogens is 1. The van der Waals surface area contributed by atoms with E-state index in [0.717, 1.165) is 17.5 Å². The van der Waals surface area contributed by atoms with Gasteiger partial charge in [-0.15, -0.1) is 0 Å². The molecule has 0 radical (unpaired) electrons. The van der Waals surface area contributed by atoms with Crippen LogP contribution in [0.15, 0.2) is 42.5 Å². The first-order valence-corrected chi connectivity index (χ1v) is 9.57. The van der Waals surface area contributed by atoms with Crippen molar-refractivity contribution in [1.82, 2.24) is 4.90 Å². The molecule has 1 heterocycles. The summed E-state index contributed by atoms with van der Waals surface area (Å²) < 4.78 is 13.1. The summed E-state index contributed by atoms with van der Waals surface area (Å²) in [6, 6.07) is 11.8. The van der Waals surface area contributed by atoms with Gasteiger partial charge in [-0.05, 0) is 48.7 Å². The lowest BCUT2D eigenvalue weighted by atomic mass is 10.1. The highest BCUT2D eigenvalue weighted by Crippen LogP contribution is 2.30. The van der Waals surface area contributed by atoms with E-state index in [2.05, 4.69) is 5.32 Å². The molecule has 0 spiro atoms. The van der Waals surface area contributed by atoms with Gasteiger partial charge in [0.25, 0.3) is 0 Å². The van der Waals surface area contributed by atoms with Gasteiger partial charge in [-0.25, -0.2) is 9.18 Å². The molecule has 0 saturated carbocycles. The van der Waals surface area contributed by atoms with E-state index in [9.17, 15) is 14.0 Å². The quantitative estimate of drug-likeness (QED) is 0.823. The second-order valence-electron chi connectivity index (χ2n) is 7.50. The topological polar surface area (TPSA) is 52.6 Å². The summed E-state index contributed by atoms with van der Waals surface area (Å²) >= 11 is 0. The fourth-order valence-electron chi connectivity index (χ4n) is 3.22. The molecule has 3 rings (SSSR count). The molecule has 1 fully saturated rings. The minimum atomic E-state index is -0.291. The Morgan fingerprint density at radius 2 is 1.86 bits per heavy atom. The van der Waals surface area contributed by atoms with Crippen LogP contribution in [0, 0.1) is 18.7 Å². The minimum Gasteiger partial charge on any atom is -0.324 e. The highest BCUT2D eigenvalue weighted by Gasteiger charge is 2.28. The number of hydrogen-bond acceptors (Lipinski definition) is 2. The van der Waals surface area contributed by atoms with Crippen LogP contribution in [0.2, 0.25) is 0 Å². The van der Waals surface area contributed by atoms with E-state index in [-0.39, 0.29) is 23.7 Å². The van der Waals surface area contributed by atoms with E-state index in [4.69, 9.17) is 0 Å². The van der Waals surface area contributed by atoms with Crippen molar-refractivity contribution in [2.75, 3.05) is 23.3 Å². The van der Waals surface area contributed by atoms with Crippen molar-refractivity contribution in [2.24, 2.45) is 5.92 Å². The molecule has 0 aromatic heterocycles. The molecular formula is C22H26FN3O2. The Morgan fingerprint density at radius 3 is 2.54 bits per heavy atom. The van der Waals surface area contributed by atoms with Crippen molar-refractivity contribution in [3.8, 4) is 0 Å². The lowest BCUT2D eigenvalue weighted by Gasteiger charge is -2.36. The molecule has 2 aromatic carbocycles. The Morgan fingerprint density at radius 1 is 1.14 bits per heavy atom. The van der Waals surface area contributed by atoms with Crippen LogP contribution in [0.25, 0.3) is 0 Å². The first-order valence-electron chi connectivity index (χ1n) is 9.57. The third-order valence-corrected chi connectivity index (χ3v) is 4.82. The molecule has 1 N–H and O–H groups in total. The number of hydrogen-bond donors (Lipinski definition) is 1. The van der Waals surface area contributed by atoms with Crippen molar-refractivity contribution in [2.45, 2.75) is 33.7 Å². The summed E-state index contributed by atoms with van der Waals surface area (Å²) in [6.45, 7) is 7.28. The number of carbonyl (C=O) groups is 2. The third-order valence-electron chi connectivity index (χ3n) is 4.82. The molecule has 5 nitrogen and oxygen atoms in total. The molecule has 0 unspecified atom stereocenters. The fourth-order valence-corrected chi connectivity index (χ4v) is 3.22. The van der Waals surface area contributed by atoms with Crippen LogP contribution in [0.4, 0.5) is 20.6 Å². The van der Waals surface area contributed by atoms with Crippen molar-refractivity contribution in [3.05, 3.63) is 59.4 Å². The molecular weight excluding hydrogens is 357 g/mol. The van der Waals surface area contributed by atoms with Gasteiger partial charge in [0.05, 0.1) is 11.4 Å². The number of urea groups is 1. The molecule has 0 atom stereocenters. The predicted octanol–water partition coefficient (Wildman–Crippen LogP) is 4.56. The van der Waals surface area contributed by atoms with Gasteiger partial charge in [-0.3, -0.25) is 9.69 Å². The van der Waals surface area contributed by atoms with E-state index in [1.54, 1.807) is 21.9 Å². The molecule has 1 aliphatic heterocycles. The van der Waals surface area contributed by atoms with Gasteiger partial charge in [0.2, 0.25) is 5.91 Å². The van der Waals surface area contributed by atoms with E-state index < -0.39 is 0 Å². The van der Waals surface area contributed by atoms with Crippen molar-refractivity contribution >= 4 is 23.3 Å². The zero-order valence-electron chi connectivity index (χ0n) is 16.5. The van der Waals surface area contributed by atoms with Crippen molar-refractivity contribution in [1.29, 1.82) is 0 Å². The van der Waals surface area contributed by atoms with Crippen molar-refractivity contribution in [3.63, 3.8) is 0 Å². The summed E-state index contributed by atoms with van der Waals surface area (Å²) in [5.41, 5.74) is 3.24. The lowest BCUT2D eigenvalue weighted by Crippen LogP contribution is -2.49. The second-order valence-corrected chi connectivity index (χ2v) is 7.50. The molecule has 1 saturated heterocycles. The number of nitrogens with zero attached hydrogens (tertiary/aromatic N) is 2. The summed E-state index contributed by atoms with van der Waals surface area (Å²) in [5, 5.41) is 2.95. The number of amides is 3. The largest absolute Gasteiger partial charge is 0.324 e. The predicted molar refractivity (Wildman–Crippen MR) is 109 cm³/mol. The van der Waals surface area contributed by atoms with Crippen LogP contribution in [-0.4, -0.2) is 29.9 Å². The van der Waals surface area contributed by atoms with E-state index >= 15 is 0 Å². The minimum absolute atomic E-state index is 0.0838. The first-order chi connectivity index (χ1) is 13.3. The Hall–Kier alpha value is -2.89. The van der Waals surface area contributed by atoms with Crippen LogP contribution in [0.3, 0.4) is 0 Å². The Balaban J connectivity index is 1.83. The summed E-state index contributed by atoms with van der Waals surface area (Å²) in [5.74, 6) is -0.527. The molecule has 28 heavy (non-hydrogen) atoms. The first kappa shape index (κ1) is 19.9. The average Bonchev–Trinajstić information content (AvgIpc) is 2.66. The van der Waals surface area contributed by atoms with Crippen molar-refractivity contribution < 1.29 is 14.0 Å². The Kier molecular flexibility index (Phi) is 5.97. The van der Waals surface area contributed by atoms with Gasteiger partial charge >= 0.3 is 6.03 Å². The van der Waals surface area contributed by atoms with E-state index in [1.807, 2.05) is 39.0 Å². The third kappa shape index (κ3) is 4.50. The molecule has 0 aliphatic carbocycles. The maximum Gasteiger partial charge on any atom is 0.324 e. The molecule has 3 amide bonds. The number of benzene rings is 2. The lowest BCUT2D eigenvalue weighted by molar-refractivity contribution is -0.118. The van der Waals surface area contributed by atoms with E-state index in [0.29, 0.717) is 31.0 Å². The van der Waals surface area contributed by atoms with Crippen LogP contribution in [-0.2, 0) is 11.3 Å². The van der Waals surface area contributed by atoms with Gasteiger partial charge in [0, 0.05) is 25.6 Å². The standard InChI is InChI=1S/C22H26FN3O2/c1-15(2)21(27)24-19-13-16(3)5-10-20(19)26-12-4-11-25(22(26)28)14-17-6-8-18(23)9-7-17/h5-10,13,15H,4,11-12,14H2,1-3H3,(H,24,27). The average molecular weight is 383 g/mol. The van der Waals surface area contributed by atoms with Gasteiger partial charge in [-0.1, -0.05) is 32.0 Å². The highest BCUT2D eigenvalue weighted by atomic mass is 19.1. The second kappa shape index (κ2) is 8.42. The summed E-state index contributed by atoms with van der Waals surface area (Å²) in [6.07, 6.45) is 0.818. The molecule has 0 bridgehead atoms. The molecule has 2 aromatic rings. The molecule has 1 aliphatic rings. The number of nitrogens with one attached hydrogen (secondary N) is 1. The highest BCUT2D eigenvalue weighted by molar-refractivity contribution is 6.01. The SMILES string of the molecule is Cc1ccc(N2CCCN(Cc3ccc(F)cc3)C2=O)c(NC(=O)C(C)C)c1. The van der Waals surface area contributed by atoms with Crippen LogP contribution >= 0.6 is 0 Å². The number of anilines is 2. The van der Waals surface area contributed by atoms with Crippen LogP contribution in [0.5, 0.6) is 0 Å². The summed E-state index contributed by atoms with van der Waals surface area (Å²) in [4.78, 5) is 28.8. The maximum atomic E-state index is 13.1. The monoisotopic (exact) mass is 383 g/mol. The number of carbonyl (C=O) groups excluding carboxylic acids is 2. The molecule has 148 valence electrons.